The summed E-state index contributed by atoms with van der Waals surface area (Å²) in [5.74, 6) is -5.19. The Balaban J connectivity index is 1.66. The number of ether oxygens (including phenoxy) is 3. The molecule has 0 amide bonds. The van der Waals surface area contributed by atoms with Gasteiger partial charge in [0.05, 0.1) is 12.5 Å². The van der Waals surface area contributed by atoms with Crippen molar-refractivity contribution in [3.63, 3.8) is 0 Å². The number of carbonyl (C=O) groups excluding carboxylic acids is 2. The number of esters is 1. The molecule has 1 aliphatic carbocycles. The summed E-state index contributed by atoms with van der Waals surface area (Å²) in [5, 5.41) is 0. The van der Waals surface area contributed by atoms with Crippen molar-refractivity contribution in [2.24, 2.45) is 17.8 Å². The van der Waals surface area contributed by atoms with Gasteiger partial charge in [0.25, 0.3) is 0 Å². The van der Waals surface area contributed by atoms with Crippen LogP contribution in [0.25, 0.3) is 0 Å². The van der Waals surface area contributed by atoms with Crippen LogP contribution < -0.4 is 0 Å². The number of allylic oxidation sites excluding steroid dienone is 1. The minimum absolute atomic E-state index is 0.105. The Morgan fingerprint density at radius 3 is 2.82 bits per heavy atom. The Kier molecular flexibility index (Phi) is 6.86. The third-order valence-electron chi connectivity index (χ3n) is 5.88. The number of fused-ring (bicyclic) bond motifs is 1. The number of rotatable bonds is 8. The maximum Gasteiger partial charge on any atom is 0.309 e. The zero-order chi connectivity index (χ0) is 20.3. The Labute approximate surface area is 164 Å². The monoisotopic (exact) mass is 400 g/mol. The van der Waals surface area contributed by atoms with E-state index in [0.29, 0.717) is 13.0 Å². The number of alkyl halides is 2. The van der Waals surface area contributed by atoms with Gasteiger partial charge in [0, 0.05) is 31.3 Å². The lowest BCUT2D eigenvalue weighted by molar-refractivity contribution is -0.194. The molecule has 0 aromatic heterocycles. The van der Waals surface area contributed by atoms with E-state index in [1.807, 2.05) is 13.8 Å². The highest BCUT2D eigenvalue weighted by Crippen LogP contribution is 2.44. The maximum absolute atomic E-state index is 14.1. The second kappa shape index (κ2) is 8.99. The number of hydrogen-bond donors (Lipinski definition) is 0. The minimum atomic E-state index is -3.37. The molecule has 5 nitrogen and oxygen atoms in total. The molecule has 2 aliphatic heterocycles. The van der Waals surface area contributed by atoms with E-state index in [0.717, 1.165) is 25.3 Å². The predicted molar refractivity (Wildman–Crippen MR) is 97.7 cm³/mol. The minimum Gasteiger partial charge on any atom is -0.462 e. The van der Waals surface area contributed by atoms with E-state index in [9.17, 15) is 18.4 Å². The first-order valence-corrected chi connectivity index (χ1v) is 10.3. The molecule has 0 N–H and O–H groups in total. The molecule has 7 heteroatoms. The van der Waals surface area contributed by atoms with Gasteiger partial charge in [0.1, 0.15) is 6.10 Å². The molecule has 2 heterocycles. The van der Waals surface area contributed by atoms with Crippen LogP contribution in [0, 0.1) is 17.8 Å². The van der Waals surface area contributed by atoms with Crippen LogP contribution >= 0.6 is 0 Å². The lowest BCUT2D eigenvalue weighted by Gasteiger charge is -2.28. The van der Waals surface area contributed by atoms with E-state index in [-0.39, 0.29) is 55.1 Å². The first-order chi connectivity index (χ1) is 13.3. The van der Waals surface area contributed by atoms with Crippen molar-refractivity contribution in [1.82, 2.24) is 0 Å². The fourth-order valence-electron chi connectivity index (χ4n) is 4.24. The lowest BCUT2D eigenvalue weighted by Crippen LogP contribution is -2.31. The average Bonchev–Trinajstić information content (AvgIpc) is 3.14. The van der Waals surface area contributed by atoms with Gasteiger partial charge in [-0.1, -0.05) is 19.9 Å². The van der Waals surface area contributed by atoms with Gasteiger partial charge in [0.15, 0.2) is 6.29 Å². The smallest absolute Gasteiger partial charge is 0.309 e. The van der Waals surface area contributed by atoms with Crippen LogP contribution in [0.3, 0.4) is 0 Å². The van der Waals surface area contributed by atoms with E-state index in [1.165, 1.54) is 6.08 Å². The van der Waals surface area contributed by atoms with Crippen molar-refractivity contribution in [3.05, 3.63) is 12.2 Å². The molecule has 0 bridgehead atoms. The van der Waals surface area contributed by atoms with Gasteiger partial charge in [-0.05, 0) is 37.7 Å². The van der Waals surface area contributed by atoms with Gasteiger partial charge in [-0.15, -0.1) is 0 Å². The quantitative estimate of drug-likeness (QED) is 0.454. The molecular weight excluding hydrogens is 370 g/mol. The Hall–Kier alpha value is -1.34. The summed E-state index contributed by atoms with van der Waals surface area (Å²) in [6.45, 7) is 4.34. The number of halogens is 2. The van der Waals surface area contributed by atoms with Crippen LogP contribution in [0.5, 0.6) is 0 Å². The SMILES string of the molecule is CC(C)CCC(F)(F)C(=O)C=C[C@@H]1[C@H]2CC(=O)O[C@H]2C[C@H]1OC1CCCCO1. The van der Waals surface area contributed by atoms with Crippen molar-refractivity contribution in [3.8, 4) is 0 Å². The zero-order valence-electron chi connectivity index (χ0n) is 16.6. The van der Waals surface area contributed by atoms with Crippen molar-refractivity contribution >= 4 is 11.8 Å². The van der Waals surface area contributed by atoms with Crippen LogP contribution in [-0.4, -0.2) is 42.8 Å². The van der Waals surface area contributed by atoms with Crippen LogP contribution in [0.4, 0.5) is 8.78 Å². The van der Waals surface area contributed by atoms with E-state index in [4.69, 9.17) is 14.2 Å². The van der Waals surface area contributed by atoms with Crippen LogP contribution in [-0.2, 0) is 23.8 Å². The molecule has 0 aromatic rings. The highest BCUT2D eigenvalue weighted by Gasteiger charge is 2.50. The summed E-state index contributed by atoms with van der Waals surface area (Å²) in [4.78, 5) is 23.7. The van der Waals surface area contributed by atoms with Gasteiger partial charge in [-0.2, -0.15) is 8.78 Å². The third-order valence-corrected chi connectivity index (χ3v) is 5.88. The van der Waals surface area contributed by atoms with Gasteiger partial charge in [-0.25, -0.2) is 0 Å². The third kappa shape index (κ3) is 5.17. The van der Waals surface area contributed by atoms with Crippen molar-refractivity contribution in [2.45, 2.75) is 83.2 Å². The summed E-state index contributed by atoms with van der Waals surface area (Å²) in [6.07, 6.45) is 4.92. The fraction of sp³-hybridized carbons (Fsp3) is 0.810. The molecule has 158 valence electrons. The zero-order valence-corrected chi connectivity index (χ0v) is 16.6. The van der Waals surface area contributed by atoms with Crippen LogP contribution in [0.1, 0.15) is 58.8 Å². The van der Waals surface area contributed by atoms with Crippen molar-refractivity contribution < 1.29 is 32.6 Å². The highest BCUT2D eigenvalue weighted by molar-refractivity contribution is 5.95. The molecule has 1 unspecified atom stereocenters. The fourth-order valence-corrected chi connectivity index (χ4v) is 4.24. The maximum atomic E-state index is 14.1. The second-order valence-electron chi connectivity index (χ2n) is 8.54. The topological polar surface area (TPSA) is 61.8 Å². The average molecular weight is 400 g/mol. The van der Waals surface area contributed by atoms with Gasteiger partial charge < -0.3 is 14.2 Å². The Morgan fingerprint density at radius 2 is 2.14 bits per heavy atom. The first kappa shape index (κ1) is 21.4. The van der Waals surface area contributed by atoms with Crippen molar-refractivity contribution in [1.29, 1.82) is 0 Å². The van der Waals surface area contributed by atoms with Crippen LogP contribution in [0.15, 0.2) is 12.2 Å². The molecular formula is C21H30F2O5. The van der Waals surface area contributed by atoms with Gasteiger partial charge in [-0.3, -0.25) is 9.59 Å². The Morgan fingerprint density at radius 1 is 1.36 bits per heavy atom. The van der Waals surface area contributed by atoms with Crippen molar-refractivity contribution in [2.75, 3.05) is 6.61 Å². The largest absolute Gasteiger partial charge is 0.462 e. The van der Waals surface area contributed by atoms with E-state index in [2.05, 4.69) is 0 Å². The molecule has 0 spiro atoms. The number of carbonyl (C=O) groups is 2. The van der Waals surface area contributed by atoms with Gasteiger partial charge >= 0.3 is 11.9 Å². The standard InChI is InChI=1S/C21H30F2O5/c1-13(2)8-9-21(22,23)18(24)7-6-14-15-11-19(25)27-17(15)12-16(14)28-20-5-3-4-10-26-20/h6-7,13-17,20H,3-5,8-12H2,1-2H3/t14-,15-,16-,17+,20?/m1/s1. The van der Waals surface area contributed by atoms with E-state index >= 15 is 0 Å². The molecule has 3 rings (SSSR count). The molecule has 3 aliphatic rings. The molecule has 28 heavy (non-hydrogen) atoms. The van der Waals surface area contributed by atoms with Gasteiger partial charge in [0.2, 0.25) is 5.78 Å². The Bertz CT molecular complexity index is 598. The molecule has 0 aromatic carbocycles. The van der Waals surface area contributed by atoms with E-state index < -0.39 is 18.1 Å². The summed E-state index contributed by atoms with van der Waals surface area (Å²) in [7, 11) is 0. The van der Waals surface area contributed by atoms with Crippen LogP contribution in [0.2, 0.25) is 0 Å². The first-order valence-electron chi connectivity index (χ1n) is 10.3. The summed E-state index contributed by atoms with van der Waals surface area (Å²) < 4.78 is 45.3. The number of ketones is 1. The molecule has 3 fully saturated rings. The summed E-state index contributed by atoms with van der Waals surface area (Å²) in [6, 6.07) is 0. The molecule has 1 saturated carbocycles. The lowest BCUT2D eigenvalue weighted by atomic mass is 9.91. The molecule has 0 radical (unpaired) electrons. The normalized spacial score (nSPS) is 33.5. The summed E-state index contributed by atoms with van der Waals surface area (Å²) >= 11 is 0. The molecule has 2 saturated heterocycles. The van der Waals surface area contributed by atoms with E-state index in [1.54, 1.807) is 0 Å². The predicted octanol–water partition coefficient (Wildman–Crippen LogP) is 4.05. The second-order valence-corrected chi connectivity index (χ2v) is 8.54. The number of hydrogen-bond acceptors (Lipinski definition) is 5. The summed E-state index contributed by atoms with van der Waals surface area (Å²) in [5.41, 5.74) is 0. The highest BCUT2D eigenvalue weighted by atomic mass is 19.3. The molecule has 5 atom stereocenters.